The Morgan fingerprint density at radius 2 is 2.05 bits per heavy atom. The average molecular weight is 284 g/mol. The molecule has 0 spiro atoms. The van der Waals surface area contributed by atoms with Crippen LogP contribution in [0.4, 0.5) is 0 Å². The van der Waals surface area contributed by atoms with Crippen molar-refractivity contribution in [3.8, 4) is 0 Å². The highest BCUT2D eigenvalue weighted by atomic mass is 32.1. The molecule has 0 aliphatic carbocycles. The van der Waals surface area contributed by atoms with E-state index < -0.39 is 0 Å². The van der Waals surface area contributed by atoms with Crippen LogP contribution in [0.3, 0.4) is 0 Å². The lowest BCUT2D eigenvalue weighted by molar-refractivity contribution is -0.0205. The SMILES string of the molecule is CC1CN2CCCC2CN1CC1(CS)CCOCC1. The van der Waals surface area contributed by atoms with Gasteiger partial charge in [-0.1, -0.05) is 0 Å². The van der Waals surface area contributed by atoms with E-state index in [0.717, 1.165) is 25.0 Å². The molecular weight excluding hydrogens is 256 g/mol. The van der Waals surface area contributed by atoms with Gasteiger partial charge in [-0.25, -0.2) is 0 Å². The molecule has 0 N–H and O–H groups in total. The Balaban J connectivity index is 1.64. The Bertz CT molecular complexity index is 307. The van der Waals surface area contributed by atoms with Crippen molar-refractivity contribution >= 4 is 12.6 Å². The first kappa shape index (κ1) is 14.2. The molecule has 0 bridgehead atoms. The summed E-state index contributed by atoms with van der Waals surface area (Å²) in [6, 6.07) is 1.53. The van der Waals surface area contributed by atoms with Crippen LogP contribution in [0.1, 0.15) is 32.6 Å². The van der Waals surface area contributed by atoms with Gasteiger partial charge in [0.15, 0.2) is 0 Å². The van der Waals surface area contributed by atoms with Crippen LogP contribution in [0.25, 0.3) is 0 Å². The van der Waals surface area contributed by atoms with E-state index in [-0.39, 0.29) is 0 Å². The number of nitrogens with zero attached hydrogens (tertiary/aromatic N) is 2. The van der Waals surface area contributed by atoms with Gasteiger partial charge in [0.05, 0.1) is 0 Å². The van der Waals surface area contributed by atoms with Gasteiger partial charge in [0, 0.05) is 44.9 Å². The van der Waals surface area contributed by atoms with E-state index in [9.17, 15) is 0 Å². The molecule has 110 valence electrons. The van der Waals surface area contributed by atoms with Crippen molar-refractivity contribution in [1.82, 2.24) is 9.80 Å². The van der Waals surface area contributed by atoms with Crippen molar-refractivity contribution in [2.24, 2.45) is 5.41 Å². The highest BCUT2D eigenvalue weighted by molar-refractivity contribution is 7.80. The second kappa shape index (κ2) is 5.92. The van der Waals surface area contributed by atoms with Gasteiger partial charge in [-0.2, -0.15) is 12.6 Å². The third kappa shape index (κ3) is 2.97. The fraction of sp³-hybridized carbons (Fsp3) is 1.00. The summed E-state index contributed by atoms with van der Waals surface area (Å²) in [5.74, 6) is 1.01. The lowest BCUT2D eigenvalue weighted by Gasteiger charge is -2.47. The Morgan fingerprint density at radius 1 is 1.26 bits per heavy atom. The molecule has 3 heterocycles. The summed E-state index contributed by atoms with van der Waals surface area (Å²) in [4.78, 5) is 5.45. The largest absolute Gasteiger partial charge is 0.381 e. The van der Waals surface area contributed by atoms with Crippen molar-refractivity contribution < 1.29 is 4.74 Å². The minimum Gasteiger partial charge on any atom is -0.381 e. The highest BCUT2D eigenvalue weighted by Gasteiger charge is 2.39. The monoisotopic (exact) mass is 284 g/mol. The van der Waals surface area contributed by atoms with Gasteiger partial charge in [0.25, 0.3) is 0 Å². The number of hydrogen-bond donors (Lipinski definition) is 1. The predicted molar refractivity (Wildman–Crippen MR) is 82.0 cm³/mol. The zero-order valence-electron chi connectivity index (χ0n) is 12.2. The van der Waals surface area contributed by atoms with Gasteiger partial charge in [0.2, 0.25) is 0 Å². The van der Waals surface area contributed by atoms with E-state index in [1.54, 1.807) is 0 Å². The predicted octanol–water partition coefficient (Wildman–Crippen LogP) is 1.88. The van der Waals surface area contributed by atoms with Crippen molar-refractivity contribution in [3.05, 3.63) is 0 Å². The van der Waals surface area contributed by atoms with Gasteiger partial charge >= 0.3 is 0 Å². The quantitative estimate of drug-likeness (QED) is 0.797. The number of piperazine rings is 1. The maximum absolute atomic E-state index is 5.55. The van der Waals surface area contributed by atoms with Crippen molar-refractivity contribution in [3.63, 3.8) is 0 Å². The molecule has 19 heavy (non-hydrogen) atoms. The Morgan fingerprint density at radius 3 is 2.79 bits per heavy atom. The lowest BCUT2D eigenvalue weighted by atomic mass is 9.81. The molecule has 0 aromatic carbocycles. The lowest BCUT2D eigenvalue weighted by Crippen LogP contribution is -2.58. The summed E-state index contributed by atoms with van der Waals surface area (Å²) >= 11 is 4.66. The van der Waals surface area contributed by atoms with Crippen LogP contribution in [-0.4, -0.2) is 67.0 Å². The van der Waals surface area contributed by atoms with Gasteiger partial charge in [-0.15, -0.1) is 0 Å². The first-order chi connectivity index (χ1) is 9.22. The summed E-state index contributed by atoms with van der Waals surface area (Å²) in [6.07, 6.45) is 5.18. The van der Waals surface area contributed by atoms with Crippen LogP contribution in [0.2, 0.25) is 0 Å². The zero-order valence-corrected chi connectivity index (χ0v) is 13.1. The van der Waals surface area contributed by atoms with E-state index in [1.807, 2.05) is 0 Å². The summed E-state index contributed by atoms with van der Waals surface area (Å²) in [5, 5.41) is 0. The van der Waals surface area contributed by atoms with Crippen LogP contribution in [0.5, 0.6) is 0 Å². The molecule has 0 saturated carbocycles. The summed E-state index contributed by atoms with van der Waals surface area (Å²) in [5.41, 5.74) is 0.399. The first-order valence-corrected chi connectivity index (χ1v) is 8.52. The van der Waals surface area contributed by atoms with E-state index in [2.05, 4.69) is 29.4 Å². The molecule has 3 fully saturated rings. The molecule has 0 aromatic heterocycles. The Labute approximate surface area is 123 Å². The maximum Gasteiger partial charge on any atom is 0.0472 e. The molecule has 2 unspecified atom stereocenters. The molecule has 4 heteroatoms. The minimum atomic E-state index is 0.399. The molecule has 3 aliphatic rings. The average Bonchev–Trinajstić information content (AvgIpc) is 2.87. The van der Waals surface area contributed by atoms with E-state index in [1.165, 1.54) is 51.9 Å². The van der Waals surface area contributed by atoms with Crippen LogP contribution in [-0.2, 0) is 4.74 Å². The van der Waals surface area contributed by atoms with Gasteiger partial charge in [0.1, 0.15) is 0 Å². The van der Waals surface area contributed by atoms with Crippen molar-refractivity contribution in [1.29, 1.82) is 0 Å². The van der Waals surface area contributed by atoms with E-state index >= 15 is 0 Å². The zero-order chi connectivity index (χ0) is 13.3. The second-order valence-electron chi connectivity index (χ2n) is 6.84. The number of hydrogen-bond acceptors (Lipinski definition) is 4. The smallest absolute Gasteiger partial charge is 0.0472 e. The third-order valence-corrected chi connectivity index (χ3v) is 6.16. The standard InChI is InChI=1S/C15H28N2OS/c1-13-9-16-6-2-3-14(16)10-17(13)11-15(12-19)4-7-18-8-5-15/h13-14,19H,2-12H2,1H3. The number of ether oxygens (including phenoxy) is 1. The molecule has 3 aliphatic heterocycles. The Hall–Kier alpha value is 0.230. The first-order valence-electron chi connectivity index (χ1n) is 7.89. The highest BCUT2D eigenvalue weighted by Crippen LogP contribution is 2.35. The number of fused-ring (bicyclic) bond motifs is 1. The summed E-state index contributed by atoms with van der Waals surface area (Å²) < 4.78 is 5.55. The molecule has 3 saturated heterocycles. The summed E-state index contributed by atoms with van der Waals surface area (Å²) in [6.45, 7) is 9.36. The van der Waals surface area contributed by atoms with E-state index in [0.29, 0.717) is 11.5 Å². The van der Waals surface area contributed by atoms with Gasteiger partial charge in [-0.05, 0) is 50.3 Å². The van der Waals surface area contributed by atoms with Gasteiger partial charge in [-0.3, -0.25) is 9.80 Å². The van der Waals surface area contributed by atoms with Crippen LogP contribution >= 0.6 is 12.6 Å². The number of thiol groups is 1. The second-order valence-corrected chi connectivity index (χ2v) is 7.16. The van der Waals surface area contributed by atoms with Crippen LogP contribution in [0, 0.1) is 5.41 Å². The molecular formula is C15H28N2OS. The number of rotatable bonds is 3. The molecule has 3 rings (SSSR count). The fourth-order valence-corrected chi connectivity index (χ4v) is 4.49. The summed E-state index contributed by atoms with van der Waals surface area (Å²) in [7, 11) is 0. The van der Waals surface area contributed by atoms with Crippen LogP contribution < -0.4 is 0 Å². The molecule has 0 amide bonds. The van der Waals surface area contributed by atoms with Gasteiger partial charge < -0.3 is 4.74 Å². The van der Waals surface area contributed by atoms with E-state index in [4.69, 9.17) is 4.74 Å². The third-order valence-electron chi connectivity index (χ3n) is 5.49. The molecule has 0 aromatic rings. The fourth-order valence-electron chi connectivity index (χ4n) is 4.07. The molecule has 2 atom stereocenters. The topological polar surface area (TPSA) is 15.7 Å². The van der Waals surface area contributed by atoms with Crippen molar-refractivity contribution in [2.75, 3.05) is 45.1 Å². The van der Waals surface area contributed by atoms with Crippen molar-refractivity contribution in [2.45, 2.75) is 44.7 Å². The molecule has 0 radical (unpaired) electrons. The molecule has 3 nitrogen and oxygen atoms in total. The van der Waals surface area contributed by atoms with Crippen LogP contribution in [0.15, 0.2) is 0 Å². The minimum absolute atomic E-state index is 0.399. The normalized spacial score (nSPS) is 36.3. The maximum atomic E-state index is 5.55. The Kier molecular flexibility index (Phi) is 4.42.